The van der Waals surface area contributed by atoms with Gasteiger partial charge in [-0.05, 0) is 31.0 Å². The van der Waals surface area contributed by atoms with E-state index in [0.717, 1.165) is 35.2 Å². The molecule has 0 saturated carbocycles. The number of hydrogen-bond donors (Lipinski definition) is 1. The maximum Gasteiger partial charge on any atom is 0.193 e. The molecule has 2 rings (SSSR count). The Bertz CT molecular complexity index is 664. The fourth-order valence-corrected chi connectivity index (χ4v) is 3.44. The standard InChI is InChI=1S/C16H20Cl2N4S/c1-11-21-12(10-23-11)9-22(3)16(19-2)20-8-7-13-14(17)5-4-6-15(13)18/h4-6,10H,7-9H2,1-3H3,(H,19,20). The summed E-state index contributed by atoms with van der Waals surface area (Å²) in [5, 5.41) is 7.87. The second kappa shape index (κ2) is 8.52. The van der Waals surface area contributed by atoms with Gasteiger partial charge in [-0.3, -0.25) is 4.99 Å². The van der Waals surface area contributed by atoms with E-state index in [9.17, 15) is 0 Å². The van der Waals surface area contributed by atoms with Crippen LogP contribution >= 0.6 is 34.5 Å². The average Bonchev–Trinajstić information content (AvgIpc) is 2.91. The fraction of sp³-hybridized carbons (Fsp3) is 0.375. The Balaban J connectivity index is 1.90. The van der Waals surface area contributed by atoms with Crippen molar-refractivity contribution in [2.75, 3.05) is 20.6 Å². The second-order valence-corrected chi connectivity index (χ2v) is 7.01. The zero-order valence-electron chi connectivity index (χ0n) is 13.4. The van der Waals surface area contributed by atoms with E-state index in [4.69, 9.17) is 23.2 Å². The summed E-state index contributed by atoms with van der Waals surface area (Å²) in [6, 6.07) is 5.56. The van der Waals surface area contributed by atoms with Gasteiger partial charge in [-0.15, -0.1) is 11.3 Å². The van der Waals surface area contributed by atoms with Crippen LogP contribution < -0.4 is 5.32 Å². The number of aryl methyl sites for hydroxylation is 1. The van der Waals surface area contributed by atoms with Crippen molar-refractivity contribution in [2.45, 2.75) is 19.9 Å². The quantitative estimate of drug-likeness (QED) is 0.638. The molecule has 4 nitrogen and oxygen atoms in total. The van der Waals surface area contributed by atoms with Gasteiger partial charge in [0.2, 0.25) is 0 Å². The maximum atomic E-state index is 6.19. The van der Waals surface area contributed by atoms with Crippen LogP contribution in [0.25, 0.3) is 0 Å². The summed E-state index contributed by atoms with van der Waals surface area (Å²) in [7, 11) is 3.76. The molecule has 0 unspecified atom stereocenters. The van der Waals surface area contributed by atoms with Gasteiger partial charge in [-0.25, -0.2) is 4.98 Å². The van der Waals surface area contributed by atoms with Crippen LogP contribution in [0, 0.1) is 6.92 Å². The van der Waals surface area contributed by atoms with Crippen molar-refractivity contribution in [3.8, 4) is 0 Å². The van der Waals surface area contributed by atoms with Crippen molar-refractivity contribution in [2.24, 2.45) is 4.99 Å². The molecule has 23 heavy (non-hydrogen) atoms. The van der Waals surface area contributed by atoms with Gasteiger partial charge < -0.3 is 10.2 Å². The minimum Gasteiger partial charge on any atom is -0.356 e. The number of nitrogens with zero attached hydrogens (tertiary/aromatic N) is 3. The minimum atomic E-state index is 0.695. The van der Waals surface area contributed by atoms with E-state index in [1.54, 1.807) is 18.4 Å². The number of aliphatic imine (C=N–C) groups is 1. The van der Waals surface area contributed by atoms with Gasteiger partial charge in [0, 0.05) is 36.1 Å². The molecule has 0 aliphatic carbocycles. The van der Waals surface area contributed by atoms with Crippen molar-refractivity contribution in [1.82, 2.24) is 15.2 Å². The lowest BCUT2D eigenvalue weighted by molar-refractivity contribution is 0.471. The highest BCUT2D eigenvalue weighted by Crippen LogP contribution is 2.24. The third-order valence-corrected chi connectivity index (χ3v) is 4.89. The lowest BCUT2D eigenvalue weighted by Gasteiger charge is -2.21. The van der Waals surface area contributed by atoms with Gasteiger partial charge >= 0.3 is 0 Å². The van der Waals surface area contributed by atoms with E-state index in [-0.39, 0.29) is 0 Å². The summed E-state index contributed by atoms with van der Waals surface area (Å²) in [5.41, 5.74) is 2.00. The molecule has 0 atom stereocenters. The monoisotopic (exact) mass is 370 g/mol. The minimum absolute atomic E-state index is 0.695. The van der Waals surface area contributed by atoms with E-state index >= 15 is 0 Å². The van der Waals surface area contributed by atoms with Crippen LogP contribution in [0.4, 0.5) is 0 Å². The first kappa shape index (κ1) is 18.0. The fourth-order valence-electron chi connectivity index (χ4n) is 2.25. The summed E-state index contributed by atoms with van der Waals surface area (Å²) < 4.78 is 0. The molecule has 0 spiro atoms. The number of thiazole rings is 1. The number of halogens is 2. The van der Waals surface area contributed by atoms with Crippen LogP contribution in [-0.2, 0) is 13.0 Å². The number of guanidine groups is 1. The van der Waals surface area contributed by atoms with E-state index in [1.165, 1.54) is 0 Å². The lowest BCUT2D eigenvalue weighted by atomic mass is 10.1. The van der Waals surface area contributed by atoms with Crippen molar-refractivity contribution in [3.05, 3.63) is 49.9 Å². The van der Waals surface area contributed by atoms with Crippen LogP contribution in [0.15, 0.2) is 28.6 Å². The van der Waals surface area contributed by atoms with E-state index in [2.05, 4.69) is 20.7 Å². The maximum absolute atomic E-state index is 6.19. The molecular formula is C16H20Cl2N4S. The summed E-state index contributed by atoms with van der Waals surface area (Å²) in [5.74, 6) is 0.818. The van der Waals surface area contributed by atoms with Gasteiger partial charge in [0.1, 0.15) is 0 Å². The Morgan fingerprint density at radius 2 is 2.04 bits per heavy atom. The molecule has 0 radical (unpaired) electrons. The molecule has 0 amide bonds. The number of nitrogens with one attached hydrogen (secondary N) is 1. The largest absolute Gasteiger partial charge is 0.356 e. The number of aromatic nitrogens is 1. The van der Waals surface area contributed by atoms with E-state index < -0.39 is 0 Å². The van der Waals surface area contributed by atoms with Crippen molar-refractivity contribution < 1.29 is 0 Å². The molecule has 1 N–H and O–H groups in total. The van der Waals surface area contributed by atoms with Crippen LogP contribution in [0.2, 0.25) is 10.0 Å². The smallest absolute Gasteiger partial charge is 0.193 e. The summed E-state index contributed by atoms with van der Waals surface area (Å²) >= 11 is 14.0. The molecule has 7 heteroatoms. The topological polar surface area (TPSA) is 40.5 Å². The third-order valence-electron chi connectivity index (χ3n) is 3.36. The summed E-state index contributed by atoms with van der Waals surface area (Å²) in [6.07, 6.45) is 0.737. The number of benzene rings is 1. The SMILES string of the molecule is CN=C(NCCc1c(Cl)cccc1Cl)N(C)Cc1csc(C)n1. The van der Waals surface area contributed by atoms with Gasteiger partial charge in [-0.1, -0.05) is 29.3 Å². The number of rotatable bonds is 5. The molecule has 1 heterocycles. The molecule has 2 aromatic rings. The molecule has 0 aliphatic rings. The van der Waals surface area contributed by atoms with E-state index in [1.807, 2.05) is 37.1 Å². The van der Waals surface area contributed by atoms with Crippen molar-refractivity contribution in [1.29, 1.82) is 0 Å². The Kier molecular flexibility index (Phi) is 6.69. The highest BCUT2D eigenvalue weighted by molar-refractivity contribution is 7.09. The Hall–Kier alpha value is -1.30. The van der Waals surface area contributed by atoms with Crippen LogP contribution in [0.5, 0.6) is 0 Å². The Morgan fingerprint density at radius 1 is 1.35 bits per heavy atom. The van der Waals surface area contributed by atoms with Gasteiger partial charge in [0.15, 0.2) is 5.96 Å². The highest BCUT2D eigenvalue weighted by Gasteiger charge is 2.10. The van der Waals surface area contributed by atoms with E-state index in [0.29, 0.717) is 16.6 Å². The third kappa shape index (κ3) is 5.09. The first-order chi connectivity index (χ1) is 11.0. The Labute approximate surface area is 151 Å². The summed E-state index contributed by atoms with van der Waals surface area (Å²) in [4.78, 5) is 10.8. The zero-order valence-corrected chi connectivity index (χ0v) is 15.8. The molecule has 0 saturated heterocycles. The summed E-state index contributed by atoms with van der Waals surface area (Å²) in [6.45, 7) is 3.43. The predicted molar refractivity (Wildman–Crippen MR) is 99.8 cm³/mol. The van der Waals surface area contributed by atoms with Crippen LogP contribution in [0.1, 0.15) is 16.3 Å². The van der Waals surface area contributed by atoms with Gasteiger partial charge in [-0.2, -0.15) is 0 Å². The number of hydrogen-bond acceptors (Lipinski definition) is 3. The van der Waals surface area contributed by atoms with Crippen LogP contribution in [-0.4, -0.2) is 36.5 Å². The van der Waals surface area contributed by atoms with Crippen LogP contribution in [0.3, 0.4) is 0 Å². The average molecular weight is 371 g/mol. The molecule has 0 fully saturated rings. The molecule has 1 aromatic carbocycles. The molecule has 124 valence electrons. The first-order valence-electron chi connectivity index (χ1n) is 7.27. The zero-order chi connectivity index (χ0) is 16.8. The lowest BCUT2D eigenvalue weighted by Crippen LogP contribution is -2.39. The van der Waals surface area contributed by atoms with Gasteiger partial charge in [0.05, 0.1) is 17.2 Å². The Morgan fingerprint density at radius 3 is 2.61 bits per heavy atom. The predicted octanol–water partition coefficient (Wildman–Crippen LogP) is 4.01. The molecule has 0 aliphatic heterocycles. The first-order valence-corrected chi connectivity index (χ1v) is 8.90. The molecular weight excluding hydrogens is 351 g/mol. The van der Waals surface area contributed by atoms with Crippen molar-refractivity contribution in [3.63, 3.8) is 0 Å². The highest BCUT2D eigenvalue weighted by atomic mass is 35.5. The molecule has 0 bridgehead atoms. The van der Waals surface area contributed by atoms with Crippen molar-refractivity contribution >= 4 is 40.5 Å². The normalized spacial score (nSPS) is 11.6. The van der Waals surface area contributed by atoms with Gasteiger partial charge in [0.25, 0.3) is 0 Å². The second-order valence-electron chi connectivity index (χ2n) is 5.14. The molecule has 1 aromatic heterocycles.